The lowest BCUT2D eigenvalue weighted by atomic mass is 9.98. The molecule has 1 atom stereocenters. The van der Waals surface area contributed by atoms with Gasteiger partial charge < -0.3 is 15.0 Å². The summed E-state index contributed by atoms with van der Waals surface area (Å²) < 4.78 is 5.58. The molecule has 1 fully saturated rings. The van der Waals surface area contributed by atoms with Gasteiger partial charge in [0.1, 0.15) is 18.0 Å². The second-order valence-corrected chi connectivity index (χ2v) is 9.45. The number of carbonyl (C=O) groups excluding carboxylic acids is 2. The van der Waals surface area contributed by atoms with Crippen molar-refractivity contribution >= 4 is 22.6 Å². The summed E-state index contributed by atoms with van der Waals surface area (Å²) in [5.74, 6) is 1.82. The summed E-state index contributed by atoms with van der Waals surface area (Å²) >= 11 is 0. The summed E-state index contributed by atoms with van der Waals surface area (Å²) in [6.07, 6.45) is 6.70. The summed E-state index contributed by atoms with van der Waals surface area (Å²) in [6.45, 7) is 3.49. The first-order valence-electron chi connectivity index (χ1n) is 12.5. The Kier molecular flexibility index (Phi) is 8.13. The predicted molar refractivity (Wildman–Crippen MR) is 135 cm³/mol. The predicted octanol–water partition coefficient (Wildman–Crippen LogP) is 3.70. The van der Waals surface area contributed by atoms with Gasteiger partial charge in [0.05, 0.1) is 24.1 Å². The number of hydrogen-bond acceptors (Lipinski definition) is 5. The number of methoxy groups -OCH3 is 1. The second-order valence-electron chi connectivity index (χ2n) is 9.45. The van der Waals surface area contributed by atoms with Crippen molar-refractivity contribution in [2.24, 2.45) is 5.92 Å². The minimum Gasteiger partial charge on any atom is -0.480 e. The Morgan fingerprint density at radius 3 is 2.80 bits per heavy atom. The van der Waals surface area contributed by atoms with Crippen molar-refractivity contribution in [2.45, 2.75) is 51.5 Å². The highest BCUT2D eigenvalue weighted by molar-refractivity contribution is 5.85. The Labute approximate surface area is 206 Å². The molecule has 8 heteroatoms. The molecule has 2 aromatic heterocycles. The summed E-state index contributed by atoms with van der Waals surface area (Å²) in [5.41, 5.74) is 2.59. The SMILES string of the molecule is CCC(=O)CCCCC[C@H](NC(=O)C1CN(C)C1)c1[nH]c(-c2cc3ccccc3nc2OC)c[nH+]1. The zero-order chi connectivity index (χ0) is 24.8. The molecule has 1 amide bonds. The van der Waals surface area contributed by atoms with Crippen LogP contribution in [-0.4, -0.2) is 53.8 Å². The number of ketones is 1. The first kappa shape index (κ1) is 24.9. The number of Topliss-reactive ketones (excluding diaryl/α,β-unsaturated/α-hetero) is 1. The normalized spacial score (nSPS) is 15.1. The third-order valence-electron chi connectivity index (χ3n) is 6.76. The van der Waals surface area contributed by atoms with Gasteiger partial charge in [-0.15, -0.1) is 0 Å². The number of unbranched alkanes of at least 4 members (excludes halogenated alkanes) is 2. The monoisotopic (exact) mass is 478 g/mol. The van der Waals surface area contributed by atoms with Crippen molar-refractivity contribution in [2.75, 3.05) is 27.2 Å². The van der Waals surface area contributed by atoms with E-state index in [2.05, 4.69) is 31.2 Å². The van der Waals surface area contributed by atoms with E-state index >= 15 is 0 Å². The average molecular weight is 479 g/mol. The van der Waals surface area contributed by atoms with Crippen LogP contribution >= 0.6 is 0 Å². The lowest BCUT2D eigenvalue weighted by Gasteiger charge is -2.35. The van der Waals surface area contributed by atoms with Gasteiger partial charge in [0.15, 0.2) is 5.69 Å². The van der Waals surface area contributed by atoms with Crippen molar-refractivity contribution in [3.8, 4) is 17.1 Å². The fourth-order valence-corrected chi connectivity index (χ4v) is 4.61. The molecular weight excluding hydrogens is 442 g/mol. The Hall–Kier alpha value is -3.26. The molecular formula is C27H36N5O3+. The van der Waals surface area contributed by atoms with Crippen molar-refractivity contribution in [1.82, 2.24) is 20.2 Å². The minimum atomic E-state index is -0.163. The molecule has 0 spiro atoms. The smallest absolute Gasteiger partial charge is 0.275 e. The number of aromatic nitrogens is 3. The van der Waals surface area contributed by atoms with E-state index in [0.29, 0.717) is 24.5 Å². The number of nitrogens with zero attached hydrogens (tertiary/aromatic N) is 2. The second kappa shape index (κ2) is 11.4. The number of hydrogen-bond donors (Lipinski definition) is 2. The van der Waals surface area contributed by atoms with Crippen molar-refractivity contribution in [3.63, 3.8) is 0 Å². The van der Waals surface area contributed by atoms with Crippen molar-refractivity contribution in [1.29, 1.82) is 0 Å². The maximum absolute atomic E-state index is 12.9. The first-order valence-corrected chi connectivity index (χ1v) is 12.5. The highest BCUT2D eigenvalue weighted by Crippen LogP contribution is 2.31. The van der Waals surface area contributed by atoms with Gasteiger partial charge in [-0.25, -0.2) is 15.0 Å². The van der Waals surface area contributed by atoms with Gasteiger partial charge in [0.2, 0.25) is 11.8 Å². The van der Waals surface area contributed by atoms with Crippen LogP contribution in [0.4, 0.5) is 0 Å². The number of imidazole rings is 1. The number of carbonyl (C=O) groups is 2. The van der Waals surface area contributed by atoms with Crippen molar-refractivity contribution < 1.29 is 19.3 Å². The fourth-order valence-electron chi connectivity index (χ4n) is 4.61. The third kappa shape index (κ3) is 6.06. The zero-order valence-corrected chi connectivity index (χ0v) is 20.9. The number of aromatic amines is 2. The molecule has 35 heavy (non-hydrogen) atoms. The fraction of sp³-hybridized carbons (Fsp3) is 0.481. The average Bonchev–Trinajstić information content (AvgIpc) is 3.34. The first-order chi connectivity index (χ1) is 17.0. The number of amides is 1. The quantitative estimate of drug-likeness (QED) is 0.387. The molecule has 8 nitrogen and oxygen atoms in total. The van der Waals surface area contributed by atoms with E-state index in [1.54, 1.807) is 7.11 Å². The van der Waals surface area contributed by atoms with Crippen LogP contribution in [0.25, 0.3) is 22.2 Å². The van der Waals surface area contributed by atoms with E-state index < -0.39 is 0 Å². The van der Waals surface area contributed by atoms with Crippen LogP contribution in [0.1, 0.15) is 57.3 Å². The highest BCUT2D eigenvalue weighted by atomic mass is 16.5. The van der Waals surface area contributed by atoms with Crippen LogP contribution in [0.15, 0.2) is 36.5 Å². The number of H-pyrrole nitrogens is 2. The van der Waals surface area contributed by atoms with Crippen LogP contribution in [-0.2, 0) is 9.59 Å². The number of likely N-dealkylation sites (tertiary alicyclic amines) is 1. The highest BCUT2D eigenvalue weighted by Gasteiger charge is 2.33. The molecule has 0 bridgehead atoms. The number of ether oxygens (including phenoxy) is 1. The van der Waals surface area contributed by atoms with Crippen molar-refractivity contribution in [3.05, 3.63) is 42.4 Å². The number of benzene rings is 1. The third-order valence-corrected chi connectivity index (χ3v) is 6.76. The number of nitrogens with one attached hydrogen (secondary N) is 3. The number of fused-ring (bicyclic) bond motifs is 1. The maximum Gasteiger partial charge on any atom is 0.275 e. The van der Waals surface area contributed by atoms with Gasteiger partial charge in [-0.1, -0.05) is 38.0 Å². The summed E-state index contributed by atoms with van der Waals surface area (Å²) in [6, 6.07) is 9.84. The standard InChI is InChI=1S/C27H35N5O3/c1-4-20(33)11-6-5-7-13-23(30-26(34)19-16-32(2)17-19)25-28-15-24(29-25)21-14-18-10-8-9-12-22(18)31-27(21)35-3/h8-10,12,14-15,19,23H,4-7,11,13,16-17H2,1-3H3,(H,28,29)(H,30,34)/p+1/t23-/m0/s1. The van der Waals surface area contributed by atoms with Gasteiger partial charge >= 0.3 is 0 Å². The molecule has 0 saturated carbocycles. The largest absolute Gasteiger partial charge is 0.480 e. The molecule has 1 saturated heterocycles. The van der Waals surface area contributed by atoms with Crippen LogP contribution in [0.5, 0.6) is 5.88 Å². The number of rotatable bonds is 12. The molecule has 0 radical (unpaired) electrons. The Balaban J connectivity index is 1.51. The zero-order valence-electron chi connectivity index (χ0n) is 20.9. The molecule has 4 rings (SSSR count). The number of pyridine rings is 1. The van der Waals surface area contributed by atoms with Gasteiger partial charge in [-0.2, -0.15) is 0 Å². The van der Waals surface area contributed by atoms with Gasteiger partial charge in [0.25, 0.3) is 5.82 Å². The molecule has 1 aliphatic heterocycles. The van der Waals surface area contributed by atoms with E-state index in [1.807, 2.05) is 44.4 Å². The molecule has 3 heterocycles. The van der Waals surface area contributed by atoms with Gasteiger partial charge in [-0.3, -0.25) is 9.59 Å². The Morgan fingerprint density at radius 2 is 2.06 bits per heavy atom. The molecule has 3 aromatic rings. The summed E-state index contributed by atoms with van der Waals surface area (Å²) in [7, 11) is 3.64. The van der Waals surface area contributed by atoms with E-state index in [0.717, 1.165) is 66.8 Å². The molecule has 3 N–H and O–H groups in total. The molecule has 0 aliphatic carbocycles. The Bertz CT molecular complexity index is 1170. The topological polar surface area (TPSA) is 101 Å². The minimum absolute atomic E-state index is 0.0314. The maximum atomic E-state index is 12.9. The molecule has 186 valence electrons. The Morgan fingerprint density at radius 1 is 1.26 bits per heavy atom. The lowest BCUT2D eigenvalue weighted by Crippen LogP contribution is -2.52. The summed E-state index contributed by atoms with van der Waals surface area (Å²) in [5, 5.41) is 4.28. The van der Waals surface area contributed by atoms with Gasteiger partial charge in [-0.05, 0) is 32.0 Å². The van der Waals surface area contributed by atoms with Crippen LogP contribution < -0.4 is 15.0 Å². The molecule has 1 aliphatic rings. The molecule has 1 aromatic carbocycles. The lowest BCUT2D eigenvalue weighted by molar-refractivity contribution is -0.391. The van der Waals surface area contributed by atoms with E-state index in [4.69, 9.17) is 4.74 Å². The van der Waals surface area contributed by atoms with Crippen LogP contribution in [0.3, 0.4) is 0 Å². The number of para-hydroxylation sites is 1. The molecule has 0 unspecified atom stereocenters. The van der Waals surface area contributed by atoms with Crippen LogP contribution in [0, 0.1) is 5.92 Å². The van der Waals surface area contributed by atoms with E-state index in [-0.39, 0.29) is 17.9 Å². The van der Waals surface area contributed by atoms with Gasteiger partial charge in [0, 0.05) is 31.3 Å². The summed E-state index contributed by atoms with van der Waals surface area (Å²) in [4.78, 5) is 38.1. The van der Waals surface area contributed by atoms with E-state index in [1.165, 1.54) is 0 Å². The van der Waals surface area contributed by atoms with E-state index in [9.17, 15) is 9.59 Å². The van der Waals surface area contributed by atoms with Crippen LogP contribution in [0.2, 0.25) is 0 Å².